The molecule has 7 nitrogen and oxygen atoms in total. The standard InChI is InChI=1S/C18H19N3O4S/c1-10-5-4-6-11(2)16(10)21-26(24,25)13-7-8-14-15(9-13)20-18(23)12(3)17(22)19-14/h4-9,12,21H,1-3H3,(H,19,22)(H,20,23)/t12-/m1/s1. The third-order valence-electron chi connectivity index (χ3n) is 4.32. The van der Waals surface area contributed by atoms with Crippen molar-refractivity contribution in [1.82, 2.24) is 0 Å². The number of hydrogen-bond donors (Lipinski definition) is 3. The van der Waals surface area contributed by atoms with Gasteiger partial charge in [0.15, 0.2) is 0 Å². The maximum Gasteiger partial charge on any atom is 0.261 e. The number of sulfonamides is 1. The summed E-state index contributed by atoms with van der Waals surface area (Å²) in [7, 11) is -3.86. The number of anilines is 3. The summed E-state index contributed by atoms with van der Waals surface area (Å²) in [4.78, 5) is 23.9. The number of rotatable bonds is 3. The molecule has 2 aromatic carbocycles. The van der Waals surface area contributed by atoms with Gasteiger partial charge in [-0.15, -0.1) is 0 Å². The van der Waals surface area contributed by atoms with Crippen LogP contribution in [0.5, 0.6) is 0 Å². The zero-order valence-corrected chi connectivity index (χ0v) is 15.4. The van der Waals surface area contributed by atoms with Crippen molar-refractivity contribution in [1.29, 1.82) is 0 Å². The van der Waals surface area contributed by atoms with Gasteiger partial charge in [0, 0.05) is 0 Å². The molecule has 2 aromatic rings. The molecule has 26 heavy (non-hydrogen) atoms. The molecular weight excluding hydrogens is 354 g/mol. The monoisotopic (exact) mass is 373 g/mol. The van der Waals surface area contributed by atoms with E-state index in [2.05, 4.69) is 15.4 Å². The lowest BCUT2D eigenvalue weighted by Crippen LogP contribution is -2.28. The summed E-state index contributed by atoms with van der Waals surface area (Å²) in [6.45, 7) is 5.12. The molecule has 2 amide bonds. The second-order valence-corrected chi connectivity index (χ2v) is 7.96. The van der Waals surface area contributed by atoms with E-state index in [1.165, 1.54) is 25.1 Å². The Bertz CT molecular complexity index is 995. The number of fused-ring (bicyclic) bond motifs is 1. The van der Waals surface area contributed by atoms with Gasteiger partial charge >= 0.3 is 0 Å². The van der Waals surface area contributed by atoms with Gasteiger partial charge in [-0.1, -0.05) is 18.2 Å². The first-order valence-corrected chi connectivity index (χ1v) is 9.52. The minimum Gasteiger partial charge on any atom is -0.324 e. The number of amides is 2. The summed E-state index contributed by atoms with van der Waals surface area (Å²) in [5, 5.41) is 5.20. The van der Waals surface area contributed by atoms with Crippen LogP contribution in [0.4, 0.5) is 17.1 Å². The van der Waals surface area contributed by atoms with Crippen molar-refractivity contribution in [3.8, 4) is 0 Å². The maximum absolute atomic E-state index is 12.8. The first kappa shape index (κ1) is 17.9. The molecule has 0 aromatic heterocycles. The van der Waals surface area contributed by atoms with E-state index in [1.807, 2.05) is 32.0 Å². The topological polar surface area (TPSA) is 104 Å². The maximum atomic E-state index is 12.8. The van der Waals surface area contributed by atoms with Crippen LogP contribution < -0.4 is 15.4 Å². The summed E-state index contributed by atoms with van der Waals surface area (Å²) < 4.78 is 28.1. The lowest BCUT2D eigenvalue weighted by atomic mass is 10.1. The van der Waals surface area contributed by atoms with Crippen LogP contribution in [-0.2, 0) is 19.6 Å². The molecule has 0 radical (unpaired) electrons. The molecule has 1 atom stereocenters. The zero-order chi connectivity index (χ0) is 19.1. The van der Waals surface area contributed by atoms with Crippen LogP contribution in [0.2, 0.25) is 0 Å². The van der Waals surface area contributed by atoms with Gasteiger partial charge in [-0.05, 0) is 50.1 Å². The minimum atomic E-state index is -3.86. The van der Waals surface area contributed by atoms with Gasteiger partial charge in [0.05, 0.1) is 22.0 Å². The lowest BCUT2D eigenvalue weighted by molar-refractivity contribution is -0.128. The van der Waals surface area contributed by atoms with Gasteiger partial charge < -0.3 is 10.6 Å². The molecular formula is C18H19N3O4S. The highest BCUT2D eigenvalue weighted by Gasteiger charge is 2.28. The van der Waals surface area contributed by atoms with Gasteiger partial charge in [-0.3, -0.25) is 14.3 Å². The number of para-hydroxylation sites is 1. The number of carbonyl (C=O) groups excluding carboxylic acids is 2. The zero-order valence-electron chi connectivity index (χ0n) is 14.6. The highest BCUT2D eigenvalue weighted by Crippen LogP contribution is 2.30. The molecule has 0 spiro atoms. The normalized spacial score (nSPS) is 17.0. The van der Waals surface area contributed by atoms with E-state index < -0.39 is 27.8 Å². The van der Waals surface area contributed by atoms with Crippen molar-refractivity contribution in [3.05, 3.63) is 47.5 Å². The van der Waals surface area contributed by atoms with E-state index in [4.69, 9.17) is 0 Å². The van der Waals surface area contributed by atoms with Crippen LogP contribution in [0.1, 0.15) is 18.1 Å². The molecule has 8 heteroatoms. The fourth-order valence-electron chi connectivity index (χ4n) is 2.67. The predicted octanol–water partition coefficient (Wildman–Crippen LogP) is 2.63. The SMILES string of the molecule is Cc1cccc(C)c1NS(=O)(=O)c1ccc2c(c1)NC(=O)[C@H](C)C(=O)N2. The molecule has 3 N–H and O–H groups in total. The van der Waals surface area contributed by atoms with Crippen LogP contribution in [0.3, 0.4) is 0 Å². The summed E-state index contributed by atoms with van der Waals surface area (Å²) in [5.41, 5.74) is 2.74. The van der Waals surface area contributed by atoms with Crippen molar-refractivity contribution in [3.63, 3.8) is 0 Å². The average molecular weight is 373 g/mol. The minimum absolute atomic E-state index is 0.0111. The van der Waals surface area contributed by atoms with E-state index in [9.17, 15) is 18.0 Å². The van der Waals surface area contributed by atoms with Gasteiger partial charge in [0.2, 0.25) is 11.8 Å². The predicted molar refractivity (Wildman–Crippen MR) is 99.6 cm³/mol. The number of benzene rings is 2. The van der Waals surface area contributed by atoms with Crippen LogP contribution in [-0.4, -0.2) is 20.2 Å². The van der Waals surface area contributed by atoms with Crippen LogP contribution in [0, 0.1) is 19.8 Å². The summed E-state index contributed by atoms with van der Waals surface area (Å²) in [6, 6.07) is 9.67. The number of aryl methyl sites for hydroxylation is 2. The molecule has 3 rings (SSSR count). The van der Waals surface area contributed by atoms with Gasteiger partial charge in [0.25, 0.3) is 10.0 Å². The Morgan fingerprint density at radius 2 is 1.50 bits per heavy atom. The van der Waals surface area contributed by atoms with E-state index in [-0.39, 0.29) is 10.6 Å². The Morgan fingerprint density at radius 1 is 0.923 bits per heavy atom. The highest BCUT2D eigenvalue weighted by molar-refractivity contribution is 7.92. The first-order valence-electron chi connectivity index (χ1n) is 8.04. The molecule has 1 heterocycles. The Balaban J connectivity index is 1.99. The molecule has 0 saturated carbocycles. The second-order valence-electron chi connectivity index (χ2n) is 6.28. The Morgan fingerprint density at radius 3 is 2.12 bits per heavy atom. The number of nitrogens with one attached hydrogen (secondary N) is 3. The quantitative estimate of drug-likeness (QED) is 0.719. The van der Waals surface area contributed by atoms with Crippen LogP contribution in [0.25, 0.3) is 0 Å². The second kappa shape index (κ2) is 6.45. The summed E-state index contributed by atoms with van der Waals surface area (Å²) >= 11 is 0. The molecule has 0 aliphatic carbocycles. The third-order valence-corrected chi connectivity index (χ3v) is 5.67. The molecule has 0 unspecified atom stereocenters. The van der Waals surface area contributed by atoms with Crippen molar-refractivity contribution in [2.75, 3.05) is 15.4 Å². The first-order chi connectivity index (χ1) is 12.2. The van der Waals surface area contributed by atoms with E-state index in [1.54, 1.807) is 0 Å². The summed E-state index contributed by atoms with van der Waals surface area (Å²) in [6.07, 6.45) is 0. The van der Waals surface area contributed by atoms with Crippen molar-refractivity contribution in [2.24, 2.45) is 5.92 Å². The van der Waals surface area contributed by atoms with Gasteiger partial charge in [-0.2, -0.15) is 0 Å². The van der Waals surface area contributed by atoms with Crippen molar-refractivity contribution < 1.29 is 18.0 Å². The largest absolute Gasteiger partial charge is 0.324 e. The Labute approximate surface area is 151 Å². The molecule has 1 aliphatic heterocycles. The van der Waals surface area contributed by atoms with Gasteiger partial charge in [0.1, 0.15) is 5.92 Å². The van der Waals surface area contributed by atoms with Crippen LogP contribution in [0.15, 0.2) is 41.3 Å². The average Bonchev–Trinajstić information content (AvgIpc) is 2.68. The number of carbonyl (C=O) groups is 2. The molecule has 0 bridgehead atoms. The van der Waals surface area contributed by atoms with E-state index in [0.717, 1.165) is 11.1 Å². The third kappa shape index (κ3) is 3.28. The van der Waals surface area contributed by atoms with E-state index >= 15 is 0 Å². The Hall–Kier alpha value is -2.87. The van der Waals surface area contributed by atoms with E-state index in [0.29, 0.717) is 11.4 Å². The summed E-state index contributed by atoms with van der Waals surface area (Å²) in [5.74, 6) is -1.79. The lowest BCUT2D eigenvalue weighted by Gasteiger charge is -2.14. The Kier molecular flexibility index (Phi) is 4.45. The van der Waals surface area contributed by atoms with Crippen molar-refractivity contribution >= 4 is 38.9 Å². The molecule has 0 fully saturated rings. The number of hydrogen-bond acceptors (Lipinski definition) is 4. The molecule has 0 saturated heterocycles. The highest BCUT2D eigenvalue weighted by atomic mass is 32.2. The fraction of sp³-hybridized carbons (Fsp3) is 0.222. The van der Waals surface area contributed by atoms with Gasteiger partial charge in [-0.25, -0.2) is 8.42 Å². The smallest absolute Gasteiger partial charge is 0.261 e. The fourth-order valence-corrected chi connectivity index (χ4v) is 3.90. The van der Waals surface area contributed by atoms with Crippen LogP contribution >= 0.6 is 0 Å². The van der Waals surface area contributed by atoms with Crippen molar-refractivity contribution in [2.45, 2.75) is 25.7 Å². The molecule has 136 valence electrons. The molecule has 1 aliphatic rings.